The largest absolute Gasteiger partial charge is 0.507 e. The van der Waals surface area contributed by atoms with E-state index < -0.39 is 5.91 Å². The van der Waals surface area contributed by atoms with Gasteiger partial charge in [-0.3, -0.25) is 9.20 Å². The number of carbonyl (C=O) groups is 1. The van der Waals surface area contributed by atoms with Crippen molar-refractivity contribution in [3.63, 3.8) is 0 Å². The van der Waals surface area contributed by atoms with Gasteiger partial charge in [0.25, 0.3) is 5.91 Å². The molecule has 0 saturated carbocycles. The number of halogens is 1. The Morgan fingerprint density at radius 2 is 1.69 bits per heavy atom. The molecule has 0 bridgehead atoms. The van der Waals surface area contributed by atoms with E-state index in [9.17, 15) is 9.90 Å². The van der Waals surface area contributed by atoms with Gasteiger partial charge >= 0.3 is 0 Å². The van der Waals surface area contributed by atoms with E-state index in [1.54, 1.807) is 47.0 Å². The molecule has 4 aromatic rings. The normalized spacial score (nSPS) is 11.0. The number of pyridine rings is 1. The van der Waals surface area contributed by atoms with Crippen LogP contribution in [0.5, 0.6) is 5.75 Å². The lowest BCUT2D eigenvalue weighted by molar-refractivity contribution is 0.0995. The Morgan fingerprint density at radius 3 is 2.38 bits per heavy atom. The van der Waals surface area contributed by atoms with Gasteiger partial charge in [0.15, 0.2) is 0 Å². The van der Waals surface area contributed by atoms with Crippen molar-refractivity contribution in [3.05, 3.63) is 77.6 Å². The molecular weight excluding hydrogens is 350 g/mol. The summed E-state index contributed by atoms with van der Waals surface area (Å²) in [6, 6.07) is 17.7. The molecule has 0 aliphatic carbocycles. The topological polar surface area (TPSA) is 80.6 Å². The summed E-state index contributed by atoms with van der Waals surface area (Å²) in [6.07, 6.45) is 1.73. The lowest BCUT2D eigenvalue weighted by Crippen LogP contribution is -2.15. The second kappa shape index (κ2) is 6.20. The van der Waals surface area contributed by atoms with Crippen LogP contribution in [0.1, 0.15) is 10.5 Å². The van der Waals surface area contributed by atoms with Crippen LogP contribution in [0.25, 0.3) is 28.0 Å². The fraction of sp³-hybridized carbons (Fsp3) is 0. The number of aromatic nitrogens is 2. The van der Waals surface area contributed by atoms with Crippen LogP contribution >= 0.6 is 11.6 Å². The van der Waals surface area contributed by atoms with Crippen LogP contribution < -0.4 is 5.73 Å². The molecule has 2 heterocycles. The van der Waals surface area contributed by atoms with Crippen LogP contribution in [0.15, 0.2) is 66.9 Å². The van der Waals surface area contributed by atoms with E-state index in [0.29, 0.717) is 27.5 Å². The van der Waals surface area contributed by atoms with E-state index in [4.69, 9.17) is 17.3 Å². The molecule has 0 spiro atoms. The van der Waals surface area contributed by atoms with Gasteiger partial charge in [-0.2, -0.15) is 0 Å². The fourth-order valence-electron chi connectivity index (χ4n) is 3.00. The summed E-state index contributed by atoms with van der Waals surface area (Å²) in [6.45, 7) is 0. The molecule has 0 saturated heterocycles. The van der Waals surface area contributed by atoms with Crippen molar-refractivity contribution in [2.75, 3.05) is 0 Å². The number of nitrogens with zero attached hydrogens (tertiary/aromatic N) is 2. The summed E-state index contributed by atoms with van der Waals surface area (Å²) in [7, 11) is 0. The van der Waals surface area contributed by atoms with Gasteiger partial charge < -0.3 is 10.8 Å². The maximum atomic E-state index is 12.2. The molecule has 4 rings (SSSR count). The SMILES string of the molecule is NC(=O)c1c(-c2ccccc2Cl)nc2ccc(-c3ccccc3O)cn12. The molecule has 0 aliphatic heterocycles. The lowest BCUT2D eigenvalue weighted by atomic mass is 10.1. The van der Waals surface area contributed by atoms with E-state index in [0.717, 1.165) is 5.56 Å². The van der Waals surface area contributed by atoms with Gasteiger partial charge in [-0.15, -0.1) is 0 Å². The second-order valence-corrected chi connectivity index (χ2v) is 6.22. The van der Waals surface area contributed by atoms with Gasteiger partial charge in [0.2, 0.25) is 0 Å². The highest BCUT2D eigenvalue weighted by atomic mass is 35.5. The van der Waals surface area contributed by atoms with Crippen molar-refractivity contribution >= 4 is 23.2 Å². The number of fused-ring (bicyclic) bond motifs is 1. The van der Waals surface area contributed by atoms with E-state index in [-0.39, 0.29) is 11.4 Å². The number of phenols is 1. The summed E-state index contributed by atoms with van der Waals surface area (Å²) in [4.78, 5) is 16.7. The highest BCUT2D eigenvalue weighted by Crippen LogP contribution is 2.33. The first-order valence-electron chi connectivity index (χ1n) is 7.91. The second-order valence-electron chi connectivity index (χ2n) is 5.82. The smallest absolute Gasteiger partial charge is 0.268 e. The minimum absolute atomic E-state index is 0.152. The molecule has 0 radical (unpaired) electrons. The minimum atomic E-state index is -0.609. The Morgan fingerprint density at radius 1 is 1.00 bits per heavy atom. The highest BCUT2D eigenvalue weighted by Gasteiger charge is 2.20. The summed E-state index contributed by atoms with van der Waals surface area (Å²) in [5, 5.41) is 10.6. The van der Waals surface area contributed by atoms with Crippen LogP contribution in [-0.2, 0) is 0 Å². The number of phenolic OH excluding ortho intramolecular Hbond substituents is 1. The molecule has 2 aromatic heterocycles. The molecule has 0 aliphatic rings. The number of carbonyl (C=O) groups excluding carboxylic acids is 1. The molecule has 1 amide bonds. The van der Waals surface area contributed by atoms with E-state index >= 15 is 0 Å². The number of hydrogen-bond donors (Lipinski definition) is 2. The molecule has 128 valence electrons. The Hall–Kier alpha value is -3.31. The lowest BCUT2D eigenvalue weighted by Gasteiger charge is -2.07. The van der Waals surface area contributed by atoms with Crippen molar-refractivity contribution in [1.82, 2.24) is 9.38 Å². The highest BCUT2D eigenvalue weighted by molar-refractivity contribution is 6.33. The van der Waals surface area contributed by atoms with Gasteiger partial charge in [0.05, 0.1) is 5.02 Å². The van der Waals surface area contributed by atoms with Crippen LogP contribution in [-0.4, -0.2) is 20.4 Å². The number of hydrogen-bond acceptors (Lipinski definition) is 3. The summed E-state index contributed by atoms with van der Waals surface area (Å²) < 4.78 is 1.63. The summed E-state index contributed by atoms with van der Waals surface area (Å²) >= 11 is 6.28. The quantitative estimate of drug-likeness (QED) is 0.574. The number of benzene rings is 2. The zero-order chi connectivity index (χ0) is 18.3. The predicted octanol–water partition coefficient (Wildman–Crippen LogP) is 4.13. The molecule has 26 heavy (non-hydrogen) atoms. The van der Waals surface area contributed by atoms with Crippen LogP contribution in [0.4, 0.5) is 0 Å². The fourth-order valence-corrected chi connectivity index (χ4v) is 3.22. The van der Waals surface area contributed by atoms with Gasteiger partial charge in [0.1, 0.15) is 22.8 Å². The van der Waals surface area contributed by atoms with E-state index in [2.05, 4.69) is 4.98 Å². The van der Waals surface area contributed by atoms with Crippen molar-refractivity contribution in [2.24, 2.45) is 5.73 Å². The zero-order valence-corrected chi connectivity index (χ0v) is 14.3. The number of para-hydroxylation sites is 1. The standard InChI is InChI=1S/C20H14ClN3O2/c21-15-7-3-1-6-14(15)18-19(20(22)26)24-11-12(9-10-17(24)23-18)13-5-2-4-8-16(13)25/h1-11,25H,(H2,22,26). The van der Waals surface area contributed by atoms with Gasteiger partial charge in [-0.25, -0.2) is 4.98 Å². The van der Waals surface area contributed by atoms with Gasteiger partial charge in [-0.05, 0) is 24.3 Å². The van der Waals surface area contributed by atoms with Crippen molar-refractivity contribution in [1.29, 1.82) is 0 Å². The Kier molecular flexibility index (Phi) is 3.86. The average molecular weight is 364 g/mol. The van der Waals surface area contributed by atoms with E-state index in [1.807, 2.05) is 24.3 Å². The third-order valence-electron chi connectivity index (χ3n) is 4.20. The molecule has 5 nitrogen and oxygen atoms in total. The first kappa shape index (κ1) is 16.2. The third-order valence-corrected chi connectivity index (χ3v) is 4.53. The number of imidazole rings is 1. The van der Waals surface area contributed by atoms with Crippen LogP contribution in [0.3, 0.4) is 0 Å². The molecule has 0 unspecified atom stereocenters. The molecule has 2 aromatic carbocycles. The van der Waals surface area contributed by atoms with Gasteiger partial charge in [0, 0.05) is 22.9 Å². The Balaban J connectivity index is 2.00. The van der Waals surface area contributed by atoms with Crippen LogP contribution in [0.2, 0.25) is 5.02 Å². The summed E-state index contributed by atoms with van der Waals surface area (Å²) in [5.74, 6) is -0.458. The third kappa shape index (κ3) is 2.59. The molecule has 0 atom stereocenters. The summed E-state index contributed by atoms with van der Waals surface area (Å²) in [5.41, 5.74) is 8.89. The minimum Gasteiger partial charge on any atom is -0.507 e. The Labute approximate surface area is 154 Å². The van der Waals surface area contributed by atoms with Crippen LogP contribution in [0, 0.1) is 0 Å². The monoisotopic (exact) mass is 363 g/mol. The van der Waals surface area contributed by atoms with E-state index in [1.165, 1.54) is 0 Å². The first-order valence-corrected chi connectivity index (χ1v) is 8.29. The Bertz CT molecular complexity index is 1150. The molecule has 3 N–H and O–H groups in total. The van der Waals surface area contributed by atoms with Crippen molar-refractivity contribution < 1.29 is 9.90 Å². The number of primary amides is 1. The zero-order valence-electron chi connectivity index (χ0n) is 13.6. The maximum absolute atomic E-state index is 12.2. The number of amides is 1. The number of aromatic hydroxyl groups is 1. The number of rotatable bonds is 3. The van der Waals surface area contributed by atoms with Crippen molar-refractivity contribution in [3.8, 4) is 28.1 Å². The molecule has 0 fully saturated rings. The first-order chi connectivity index (χ1) is 12.6. The molecule has 6 heteroatoms. The molecular formula is C20H14ClN3O2. The van der Waals surface area contributed by atoms with Gasteiger partial charge in [-0.1, -0.05) is 48.0 Å². The predicted molar refractivity (Wildman–Crippen MR) is 101 cm³/mol. The van der Waals surface area contributed by atoms with Crippen molar-refractivity contribution in [2.45, 2.75) is 0 Å². The average Bonchev–Trinajstić information content (AvgIpc) is 3.01. The maximum Gasteiger partial charge on any atom is 0.268 e. The number of nitrogens with two attached hydrogens (primary N) is 1.